The number of carbonyl (C=O) groups is 2. The molecule has 3 N–H and O–H groups in total. The molecule has 2 amide bonds. The molecule has 2 unspecified atom stereocenters. The molecule has 0 aliphatic carbocycles. The van der Waals surface area contributed by atoms with Crippen molar-refractivity contribution in [1.29, 1.82) is 0 Å². The van der Waals surface area contributed by atoms with E-state index in [4.69, 9.17) is 5.73 Å². The zero-order valence-electron chi connectivity index (χ0n) is 13.3. The van der Waals surface area contributed by atoms with Gasteiger partial charge >= 0.3 is 0 Å². The number of amides is 2. The highest BCUT2D eigenvalue weighted by molar-refractivity contribution is 5.95. The molecule has 1 aromatic carbocycles. The number of hydrogen-bond donors (Lipinski definition) is 2. The van der Waals surface area contributed by atoms with Crippen LogP contribution in [0.25, 0.3) is 0 Å². The van der Waals surface area contributed by atoms with E-state index in [1.54, 1.807) is 4.90 Å². The summed E-state index contributed by atoms with van der Waals surface area (Å²) in [5, 5.41) is 2.87. The molecule has 22 heavy (non-hydrogen) atoms. The monoisotopic (exact) mass is 303 g/mol. The summed E-state index contributed by atoms with van der Waals surface area (Å²) in [5.74, 6) is 0.234. The van der Waals surface area contributed by atoms with Crippen molar-refractivity contribution in [3.8, 4) is 0 Å². The molecule has 2 atom stereocenters. The Balaban J connectivity index is 1.89. The van der Waals surface area contributed by atoms with Crippen LogP contribution in [0.2, 0.25) is 0 Å². The summed E-state index contributed by atoms with van der Waals surface area (Å²) >= 11 is 0. The SMILES string of the molecule is CCC(C)C(N)C(=O)NCc1ccc(N2CCCC2=O)cc1. The third-order valence-electron chi connectivity index (χ3n) is 4.35. The molecule has 0 radical (unpaired) electrons. The highest BCUT2D eigenvalue weighted by atomic mass is 16.2. The van der Waals surface area contributed by atoms with Crippen molar-refractivity contribution in [2.45, 2.75) is 45.7 Å². The number of benzene rings is 1. The van der Waals surface area contributed by atoms with Crippen LogP contribution in [0.5, 0.6) is 0 Å². The third-order valence-corrected chi connectivity index (χ3v) is 4.35. The average Bonchev–Trinajstić information content (AvgIpc) is 2.97. The van der Waals surface area contributed by atoms with Crippen LogP contribution in [-0.4, -0.2) is 24.4 Å². The van der Waals surface area contributed by atoms with Gasteiger partial charge in [0.2, 0.25) is 11.8 Å². The maximum Gasteiger partial charge on any atom is 0.237 e. The van der Waals surface area contributed by atoms with Gasteiger partial charge in [0, 0.05) is 25.2 Å². The predicted molar refractivity (Wildman–Crippen MR) is 87.3 cm³/mol. The molecule has 0 saturated carbocycles. The zero-order valence-corrected chi connectivity index (χ0v) is 13.3. The van der Waals surface area contributed by atoms with Crippen molar-refractivity contribution in [3.63, 3.8) is 0 Å². The van der Waals surface area contributed by atoms with E-state index in [-0.39, 0.29) is 17.7 Å². The molecule has 1 aliphatic heterocycles. The first-order valence-electron chi connectivity index (χ1n) is 7.95. The molecule has 0 spiro atoms. The van der Waals surface area contributed by atoms with Gasteiger partial charge in [-0.15, -0.1) is 0 Å². The number of hydrogen-bond acceptors (Lipinski definition) is 3. The van der Waals surface area contributed by atoms with Crippen LogP contribution >= 0.6 is 0 Å². The van der Waals surface area contributed by atoms with E-state index in [1.807, 2.05) is 38.1 Å². The lowest BCUT2D eigenvalue weighted by molar-refractivity contribution is -0.123. The second-order valence-electron chi connectivity index (χ2n) is 5.94. The van der Waals surface area contributed by atoms with E-state index in [1.165, 1.54) is 0 Å². The highest BCUT2D eigenvalue weighted by Crippen LogP contribution is 2.21. The number of nitrogens with two attached hydrogens (primary N) is 1. The van der Waals surface area contributed by atoms with Crippen LogP contribution < -0.4 is 16.0 Å². The smallest absolute Gasteiger partial charge is 0.237 e. The standard InChI is InChI=1S/C17H25N3O2/c1-3-12(2)16(18)17(22)19-11-13-6-8-14(9-7-13)20-10-4-5-15(20)21/h6-9,12,16H,3-5,10-11,18H2,1-2H3,(H,19,22). The molecule has 0 bridgehead atoms. The van der Waals surface area contributed by atoms with Gasteiger partial charge in [-0.3, -0.25) is 9.59 Å². The fourth-order valence-electron chi connectivity index (χ4n) is 2.53. The van der Waals surface area contributed by atoms with Crippen molar-refractivity contribution in [2.24, 2.45) is 11.7 Å². The van der Waals surface area contributed by atoms with Gasteiger partial charge in [-0.1, -0.05) is 32.4 Å². The minimum atomic E-state index is -0.466. The first-order valence-corrected chi connectivity index (χ1v) is 7.95. The lowest BCUT2D eigenvalue weighted by Crippen LogP contribution is -2.44. The third kappa shape index (κ3) is 3.85. The van der Waals surface area contributed by atoms with Crippen molar-refractivity contribution >= 4 is 17.5 Å². The van der Waals surface area contributed by atoms with Crippen molar-refractivity contribution in [3.05, 3.63) is 29.8 Å². The molecule has 5 heteroatoms. The van der Waals surface area contributed by atoms with Crippen molar-refractivity contribution in [1.82, 2.24) is 5.32 Å². The van der Waals surface area contributed by atoms with Gasteiger partial charge in [0.1, 0.15) is 0 Å². The Morgan fingerprint density at radius 2 is 2.05 bits per heavy atom. The minimum Gasteiger partial charge on any atom is -0.351 e. The molecule has 0 aromatic heterocycles. The Hall–Kier alpha value is -1.88. The summed E-state index contributed by atoms with van der Waals surface area (Å²) in [4.78, 5) is 25.5. The van der Waals surface area contributed by atoms with Gasteiger partial charge in [0.05, 0.1) is 6.04 Å². The normalized spacial score (nSPS) is 17.4. The Morgan fingerprint density at radius 1 is 1.36 bits per heavy atom. The summed E-state index contributed by atoms with van der Waals surface area (Å²) in [6, 6.07) is 7.27. The lowest BCUT2D eigenvalue weighted by atomic mass is 9.99. The van der Waals surface area contributed by atoms with Crippen LogP contribution in [0.15, 0.2) is 24.3 Å². The lowest BCUT2D eigenvalue weighted by Gasteiger charge is -2.18. The zero-order chi connectivity index (χ0) is 16.1. The molecule has 2 rings (SSSR count). The fraction of sp³-hybridized carbons (Fsp3) is 0.529. The maximum atomic E-state index is 11.9. The molecule has 1 heterocycles. The van der Waals surface area contributed by atoms with E-state index in [0.29, 0.717) is 13.0 Å². The number of nitrogens with zero attached hydrogens (tertiary/aromatic N) is 1. The van der Waals surface area contributed by atoms with E-state index in [9.17, 15) is 9.59 Å². The number of anilines is 1. The van der Waals surface area contributed by atoms with Gasteiger partial charge in [-0.2, -0.15) is 0 Å². The maximum absolute atomic E-state index is 11.9. The highest BCUT2D eigenvalue weighted by Gasteiger charge is 2.21. The summed E-state index contributed by atoms with van der Waals surface area (Å²) in [6.07, 6.45) is 2.43. The van der Waals surface area contributed by atoms with Crippen LogP contribution in [-0.2, 0) is 16.1 Å². The van der Waals surface area contributed by atoms with Crippen molar-refractivity contribution < 1.29 is 9.59 Å². The summed E-state index contributed by atoms with van der Waals surface area (Å²) in [5.41, 5.74) is 7.83. The molecule has 1 fully saturated rings. The fourth-order valence-corrected chi connectivity index (χ4v) is 2.53. The second kappa shape index (κ2) is 7.40. The molecule has 1 saturated heterocycles. The summed E-state index contributed by atoms with van der Waals surface area (Å²) < 4.78 is 0. The van der Waals surface area contributed by atoms with E-state index >= 15 is 0 Å². The van der Waals surface area contributed by atoms with Crippen molar-refractivity contribution in [2.75, 3.05) is 11.4 Å². The molecule has 1 aromatic rings. The predicted octanol–water partition coefficient (Wildman–Crippen LogP) is 1.80. The molecule has 5 nitrogen and oxygen atoms in total. The van der Waals surface area contributed by atoms with Crippen LogP contribution in [0.3, 0.4) is 0 Å². The Morgan fingerprint density at radius 3 is 2.59 bits per heavy atom. The Kier molecular flexibility index (Phi) is 5.55. The first kappa shape index (κ1) is 16.5. The summed E-state index contributed by atoms with van der Waals surface area (Å²) in [6.45, 7) is 5.25. The number of nitrogens with one attached hydrogen (secondary N) is 1. The number of rotatable bonds is 6. The minimum absolute atomic E-state index is 0.117. The van der Waals surface area contributed by atoms with E-state index in [0.717, 1.165) is 30.6 Å². The van der Waals surface area contributed by atoms with Gasteiger partial charge < -0.3 is 16.0 Å². The van der Waals surface area contributed by atoms with Gasteiger partial charge in [0.25, 0.3) is 0 Å². The number of carbonyl (C=O) groups excluding carboxylic acids is 2. The first-order chi connectivity index (χ1) is 10.5. The van der Waals surface area contributed by atoms with E-state index < -0.39 is 6.04 Å². The molecule has 120 valence electrons. The van der Waals surface area contributed by atoms with Gasteiger partial charge in [-0.05, 0) is 30.0 Å². The second-order valence-corrected chi connectivity index (χ2v) is 5.94. The molecule has 1 aliphatic rings. The van der Waals surface area contributed by atoms with Gasteiger partial charge in [0.15, 0.2) is 0 Å². The van der Waals surface area contributed by atoms with Crippen LogP contribution in [0, 0.1) is 5.92 Å². The quantitative estimate of drug-likeness (QED) is 0.841. The van der Waals surface area contributed by atoms with Crippen LogP contribution in [0.1, 0.15) is 38.7 Å². The topological polar surface area (TPSA) is 75.4 Å². The average molecular weight is 303 g/mol. The van der Waals surface area contributed by atoms with Crippen LogP contribution in [0.4, 0.5) is 5.69 Å². The summed E-state index contributed by atoms with van der Waals surface area (Å²) in [7, 11) is 0. The Labute approximate surface area is 131 Å². The van der Waals surface area contributed by atoms with E-state index in [2.05, 4.69) is 5.32 Å². The van der Waals surface area contributed by atoms with Gasteiger partial charge in [-0.25, -0.2) is 0 Å². The molecular formula is C17H25N3O2. The molecular weight excluding hydrogens is 278 g/mol. The Bertz CT molecular complexity index is 527. The largest absolute Gasteiger partial charge is 0.351 e.